The first kappa shape index (κ1) is 13.6. The maximum atomic E-state index is 10.3. The minimum absolute atomic E-state index is 0.456. The summed E-state index contributed by atoms with van der Waals surface area (Å²) in [6.45, 7) is 2.07. The minimum atomic E-state index is -0.456. The number of aliphatic hydroxyl groups is 1. The molecular formula is C17H21NO. The lowest BCUT2D eigenvalue weighted by molar-refractivity contribution is 0.178. The molecule has 0 aromatic heterocycles. The molecule has 1 unspecified atom stereocenters. The number of aryl methyl sites for hydroxylation is 1. The number of anilines is 1. The zero-order valence-corrected chi connectivity index (χ0v) is 11.8. The van der Waals surface area contributed by atoms with E-state index < -0.39 is 6.10 Å². The Balaban J connectivity index is 2.13. The summed E-state index contributed by atoms with van der Waals surface area (Å²) in [6.07, 6.45) is 0.194. The molecule has 0 saturated carbocycles. The van der Waals surface area contributed by atoms with Crippen LogP contribution in [-0.4, -0.2) is 19.2 Å². The van der Waals surface area contributed by atoms with Crippen LogP contribution in [-0.2, 0) is 6.42 Å². The third kappa shape index (κ3) is 3.58. The van der Waals surface area contributed by atoms with Crippen molar-refractivity contribution in [3.05, 3.63) is 65.2 Å². The standard InChI is InChI=1S/C17H21NO/c1-13-7-9-14(10-8-13)11-17(19)15-5-4-6-16(12-15)18(2)3/h4-10,12,17,19H,11H2,1-3H3. The molecule has 0 amide bonds. The Labute approximate surface area is 115 Å². The van der Waals surface area contributed by atoms with Crippen LogP contribution in [0.3, 0.4) is 0 Å². The molecule has 2 heteroatoms. The minimum Gasteiger partial charge on any atom is -0.388 e. The summed E-state index contributed by atoms with van der Waals surface area (Å²) in [5.41, 5.74) is 4.48. The molecule has 2 rings (SSSR count). The van der Waals surface area contributed by atoms with Crippen LogP contribution in [0.2, 0.25) is 0 Å². The molecule has 0 saturated heterocycles. The summed E-state index contributed by atoms with van der Waals surface area (Å²) >= 11 is 0. The topological polar surface area (TPSA) is 23.5 Å². The molecule has 0 bridgehead atoms. The number of hydrogen-bond donors (Lipinski definition) is 1. The third-order valence-electron chi connectivity index (χ3n) is 3.32. The van der Waals surface area contributed by atoms with Crippen LogP contribution in [0, 0.1) is 6.92 Å². The van der Waals surface area contributed by atoms with Crippen molar-refractivity contribution in [2.24, 2.45) is 0 Å². The smallest absolute Gasteiger partial charge is 0.0831 e. The van der Waals surface area contributed by atoms with Crippen molar-refractivity contribution in [3.8, 4) is 0 Å². The van der Waals surface area contributed by atoms with Gasteiger partial charge in [-0.3, -0.25) is 0 Å². The summed E-state index contributed by atoms with van der Waals surface area (Å²) in [5.74, 6) is 0. The fourth-order valence-electron chi connectivity index (χ4n) is 2.08. The van der Waals surface area contributed by atoms with Gasteiger partial charge < -0.3 is 10.0 Å². The highest BCUT2D eigenvalue weighted by molar-refractivity contribution is 5.47. The fraction of sp³-hybridized carbons (Fsp3) is 0.294. The van der Waals surface area contributed by atoms with Crippen molar-refractivity contribution in [1.82, 2.24) is 0 Å². The van der Waals surface area contributed by atoms with E-state index in [0.717, 1.165) is 16.8 Å². The molecule has 2 nitrogen and oxygen atoms in total. The largest absolute Gasteiger partial charge is 0.388 e. The fourth-order valence-corrected chi connectivity index (χ4v) is 2.08. The summed E-state index contributed by atoms with van der Waals surface area (Å²) in [5, 5.41) is 10.3. The lowest BCUT2D eigenvalue weighted by atomic mass is 10.0. The molecule has 0 spiro atoms. The third-order valence-corrected chi connectivity index (χ3v) is 3.32. The van der Waals surface area contributed by atoms with Gasteiger partial charge in [-0.2, -0.15) is 0 Å². The Hall–Kier alpha value is -1.80. The van der Waals surface area contributed by atoms with Crippen molar-refractivity contribution in [3.63, 3.8) is 0 Å². The van der Waals surface area contributed by atoms with E-state index in [-0.39, 0.29) is 0 Å². The average Bonchev–Trinajstić information content (AvgIpc) is 2.41. The Morgan fingerprint density at radius 2 is 1.74 bits per heavy atom. The second-order valence-corrected chi connectivity index (χ2v) is 5.19. The SMILES string of the molecule is Cc1ccc(CC(O)c2cccc(N(C)C)c2)cc1. The summed E-state index contributed by atoms with van der Waals surface area (Å²) in [7, 11) is 4.01. The summed E-state index contributed by atoms with van der Waals surface area (Å²) < 4.78 is 0. The lowest BCUT2D eigenvalue weighted by Gasteiger charge is -2.16. The highest BCUT2D eigenvalue weighted by Crippen LogP contribution is 2.22. The second kappa shape index (κ2) is 5.89. The van der Waals surface area contributed by atoms with Gasteiger partial charge in [-0.05, 0) is 30.2 Å². The molecule has 100 valence electrons. The predicted octanol–water partition coefficient (Wildman–Crippen LogP) is 3.34. The van der Waals surface area contributed by atoms with Crippen molar-refractivity contribution >= 4 is 5.69 Å². The maximum Gasteiger partial charge on any atom is 0.0831 e. The van der Waals surface area contributed by atoms with Crippen molar-refractivity contribution < 1.29 is 5.11 Å². The van der Waals surface area contributed by atoms with E-state index in [1.54, 1.807) is 0 Å². The van der Waals surface area contributed by atoms with Crippen LogP contribution >= 0.6 is 0 Å². The Kier molecular flexibility index (Phi) is 4.23. The molecular weight excluding hydrogens is 234 g/mol. The molecule has 2 aromatic carbocycles. The number of hydrogen-bond acceptors (Lipinski definition) is 2. The molecule has 19 heavy (non-hydrogen) atoms. The molecule has 0 aliphatic carbocycles. The van der Waals surface area contributed by atoms with Crippen LogP contribution in [0.25, 0.3) is 0 Å². The Morgan fingerprint density at radius 1 is 1.05 bits per heavy atom. The quantitative estimate of drug-likeness (QED) is 0.905. The zero-order chi connectivity index (χ0) is 13.8. The van der Waals surface area contributed by atoms with Gasteiger partial charge in [0, 0.05) is 26.2 Å². The summed E-state index contributed by atoms with van der Waals surface area (Å²) in [4.78, 5) is 2.04. The van der Waals surface area contributed by atoms with Gasteiger partial charge in [-0.25, -0.2) is 0 Å². The van der Waals surface area contributed by atoms with Gasteiger partial charge in [0.15, 0.2) is 0 Å². The second-order valence-electron chi connectivity index (χ2n) is 5.19. The van der Waals surface area contributed by atoms with E-state index in [0.29, 0.717) is 6.42 Å². The van der Waals surface area contributed by atoms with Crippen molar-refractivity contribution in [2.45, 2.75) is 19.4 Å². The number of benzene rings is 2. The van der Waals surface area contributed by atoms with Crippen LogP contribution in [0.15, 0.2) is 48.5 Å². The molecule has 0 heterocycles. The number of nitrogens with zero attached hydrogens (tertiary/aromatic N) is 1. The molecule has 1 atom stereocenters. The zero-order valence-electron chi connectivity index (χ0n) is 11.8. The summed E-state index contributed by atoms with van der Waals surface area (Å²) in [6, 6.07) is 16.4. The molecule has 1 N–H and O–H groups in total. The van der Waals surface area contributed by atoms with Gasteiger partial charge in [-0.1, -0.05) is 42.0 Å². The normalized spacial score (nSPS) is 12.2. The highest BCUT2D eigenvalue weighted by atomic mass is 16.3. The molecule has 0 radical (unpaired) electrons. The van der Waals surface area contributed by atoms with Gasteiger partial charge in [0.1, 0.15) is 0 Å². The van der Waals surface area contributed by atoms with E-state index in [1.807, 2.05) is 43.3 Å². The number of aliphatic hydroxyl groups excluding tert-OH is 1. The van der Waals surface area contributed by atoms with Gasteiger partial charge >= 0.3 is 0 Å². The molecule has 2 aromatic rings. The first-order chi connectivity index (χ1) is 9.06. The van der Waals surface area contributed by atoms with E-state index in [2.05, 4.69) is 31.2 Å². The monoisotopic (exact) mass is 255 g/mol. The van der Waals surface area contributed by atoms with E-state index in [4.69, 9.17) is 0 Å². The van der Waals surface area contributed by atoms with Crippen molar-refractivity contribution in [2.75, 3.05) is 19.0 Å². The Bertz CT molecular complexity index is 531. The lowest BCUT2D eigenvalue weighted by Crippen LogP contribution is -2.10. The average molecular weight is 255 g/mol. The van der Waals surface area contributed by atoms with Gasteiger partial charge in [-0.15, -0.1) is 0 Å². The molecule has 0 aliphatic rings. The highest BCUT2D eigenvalue weighted by Gasteiger charge is 2.09. The molecule has 0 aliphatic heterocycles. The van der Waals surface area contributed by atoms with Crippen LogP contribution in [0.4, 0.5) is 5.69 Å². The van der Waals surface area contributed by atoms with Crippen LogP contribution < -0.4 is 4.90 Å². The maximum absolute atomic E-state index is 10.3. The Morgan fingerprint density at radius 3 is 2.37 bits per heavy atom. The van der Waals surface area contributed by atoms with Crippen molar-refractivity contribution in [1.29, 1.82) is 0 Å². The van der Waals surface area contributed by atoms with Crippen LogP contribution in [0.1, 0.15) is 22.8 Å². The van der Waals surface area contributed by atoms with E-state index >= 15 is 0 Å². The first-order valence-corrected chi connectivity index (χ1v) is 6.57. The van der Waals surface area contributed by atoms with Gasteiger partial charge in [0.2, 0.25) is 0 Å². The van der Waals surface area contributed by atoms with Gasteiger partial charge in [0.05, 0.1) is 6.10 Å². The van der Waals surface area contributed by atoms with Crippen LogP contribution in [0.5, 0.6) is 0 Å². The molecule has 0 fully saturated rings. The predicted molar refractivity (Wildman–Crippen MR) is 80.6 cm³/mol. The van der Waals surface area contributed by atoms with E-state index in [9.17, 15) is 5.11 Å². The van der Waals surface area contributed by atoms with Gasteiger partial charge in [0.25, 0.3) is 0 Å². The van der Waals surface area contributed by atoms with E-state index in [1.165, 1.54) is 5.56 Å². The number of rotatable bonds is 4. The first-order valence-electron chi connectivity index (χ1n) is 6.57.